The molecule has 0 saturated carbocycles. The van der Waals surface area contributed by atoms with E-state index in [1.54, 1.807) is 6.07 Å². The highest BCUT2D eigenvalue weighted by Gasteiger charge is 2.05. The fourth-order valence-electron chi connectivity index (χ4n) is 1.45. The summed E-state index contributed by atoms with van der Waals surface area (Å²) in [6.07, 6.45) is 0. The number of likely N-dealkylation sites (N-methyl/N-ethyl adjacent to an activating group) is 1. The molecule has 0 fully saturated rings. The number of hydrogen-bond donors (Lipinski definition) is 1. The molecule has 0 unspecified atom stereocenters. The van der Waals surface area contributed by atoms with E-state index in [2.05, 4.69) is 24.1 Å². The molecule has 1 aromatic carbocycles. The van der Waals surface area contributed by atoms with Gasteiger partial charge in [0.25, 0.3) is 0 Å². The van der Waals surface area contributed by atoms with Gasteiger partial charge in [-0.2, -0.15) is 0 Å². The van der Waals surface area contributed by atoms with Crippen LogP contribution in [0.3, 0.4) is 0 Å². The molecule has 0 radical (unpaired) electrons. The lowest BCUT2D eigenvalue weighted by atomic mass is 10.0. The van der Waals surface area contributed by atoms with E-state index in [1.165, 1.54) is 0 Å². The van der Waals surface area contributed by atoms with Crippen molar-refractivity contribution in [2.24, 2.45) is 0 Å². The van der Waals surface area contributed by atoms with Crippen molar-refractivity contribution in [3.05, 3.63) is 29.6 Å². The molecular formula is C13H21FN2. The fourth-order valence-corrected chi connectivity index (χ4v) is 1.45. The average Bonchev–Trinajstić information content (AvgIpc) is 2.19. The van der Waals surface area contributed by atoms with Gasteiger partial charge in [0.2, 0.25) is 0 Å². The summed E-state index contributed by atoms with van der Waals surface area (Å²) in [4.78, 5) is 2.06. The molecule has 0 amide bonds. The maximum Gasteiger partial charge on any atom is 0.146 e. The van der Waals surface area contributed by atoms with Gasteiger partial charge >= 0.3 is 0 Å². The van der Waals surface area contributed by atoms with Crippen molar-refractivity contribution < 1.29 is 4.39 Å². The number of hydrogen-bond acceptors (Lipinski definition) is 2. The molecule has 3 heteroatoms. The third-order valence-corrected chi connectivity index (χ3v) is 2.53. The van der Waals surface area contributed by atoms with Gasteiger partial charge in [0, 0.05) is 13.1 Å². The molecule has 0 heterocycles. The molecular weight excluding hydrogens is 203 g/mol. The summed E-state index contributed by atoms with van der Waals surface area (Å²) >= 11 is 0. The molecule has 16 heavy (non-hydrogen) atoms. The van der Waals surface area contributed by atoms with Gasteiger partial charge in [-0.05, 0) is 37.7 Å². The summed E-state index contributed by atoms with van der Waals surface area (Å²) in [6, 6.07) is 5.41. The van der Waals surface area contributed by atoms with Crippen molar-refractivity contribution in [1.29, 1.82) is 0 Å². The molecule has 0 saturated heterocycles. The SMILES string of the molecule is CC(C)c1ccc(NCCN(C)C)c(F)c1. The molecule has 2 nitrogen and oxygen atoms in total. The van der Waals surface area contributed by atoms with Crippen LogP contribution in [0.4, 0.5) is 10.1 Å². The standard InChI is InChI=1S/C13H21FN2/c1-10(2)11-5-6-13(12(14)9-11)15-7-8-16(3)4/h5-6,9-10,15H,7-8H2,1-4H3. The van der Waals surface area contributed by atoms with Crippen LogP contribution in [0.1, 0.15) is 25.3 Å². The van der Waals surface area contributed by atoms with E-state index < -0.39 is 0 Å². The van der Waals surface area contributed by atoms with Crippen molar-refractivity contribution in [2.45, 2.75) is 19.8 Å². The first-order chi connectivity index (χ1) is 7.50. The van der Waals surface area contributed by atoms with Crippen LogP contribution in [-0.2, 0) is 0 Å². The van der Waals surface area contributed by atoms with Crippen LogP contribution in [0.15, 0.2) is 18.2 Å². The fraction of sp³-hybridized carbons (Fsp3) is 0.538. The summed E-state index contributed by atoms with van der Waals surface area (Å²) in [5, 5.41) is 3.09. The predicted octanol–water partition coefficient (Wildman–Crippen LogP) is 2.92. The van der Waals surface area contributed by atoms with E-state index >= 15 is 0 Å². The third kappa shape index (κ3) is 3.81. The summed E-state index contributed by atoms with van der Waals surface area (Å²) in [7, 11) is 4.00. The minimum Gasteiger partial charge on any atom is -0.381 e. The van der Waals surface area contributed by atoms with Crippen molar-refractivity contribution in [3.8, 4) is 0 Å². The molecule has 90 valence electrons. The maximum absolute atomic E-state index is 13.7. The Hall–Kier alpha value is -1.09. The molecule has 1 aromatic rings. The molecule has 0 bridgehead atoms. The molecule has 0 spiro atoms. The van der Waals surface area contributed by atoms with Gasteiger partial charge in [0.15, 0.2) is 0 Å². The van der Waals surface area contributed by atoms with E-state index in [9.17, 15) is 4.39 Å². The van der Waals surface area contributed by atoms with Gasteiger partial charge in [0.05, 0.1) is 5.69 Å². The van der Waals surface area contributed by atoms with Crippen molar-refractivity contribution >= 4 is 5.69 Å². The van der Waals surface area contributed by atoms with Gasteiger partial charge < -0.3 is 10.2 Å². The molecule has 1 rings (SSSR count). The Bertz CT molecular complexity index is 335. The zero-order valence-corrected chi connectivity index (χ0v) is 10.5. The minimum absolute atomic E-state index is 0.162. The molecule has 0 atom stereocenters. The van der Waals surface area contributed by atoms with Crippen LogP contribution < -0.4 is 5.32 Å². The zero-order valence-electron chi connectivity index (χ0n) is 10.5. The summed E-state index contributed by atoms with van der Waals surface area (Å²) in [5.41, 5.74) is 1.63. The Labute approximate surface area is 97.5 Å². The Morgan fingerprint density at radius 2 is 2.00 bits per heavy atom. The van der Waals surface area contributed by atoms with Crippen LogP contribution in [0, 0.1) is 5.82 Å². The molecule has 1 N–H and O–H groups in total. The number of benzene rings is 1. The molecule has 0 aliphatic rings. The van der Waals surface area contributed by atoms with E-state index in [1.807, 2.05) is 26.2 Å². The topological polar surface area (TPSA) is 15.3 Å². The quantitative estimate of drug-likeness (QED) is 0.827. The second kappa shape index (κ2) is 5.85. The van der Waals surface area contributed by atoms with Crippen molar-refractivity contribution in [1.82, 2.24) is 4.90 Å². The average molecular weight is 224 g/mol. The Balaban J connectivity index is 2.61. The monoisotopic (exact) mass is 224 g/mol. The lowest BCUT2D eigenvalue weighted by Crippen LogP contribution is -2.21. The Morgan fingerprint density at radius 3 is 2.50 bits per heavy atom. The van der Waals surface area contributed by atoms with Crippen LogP contribution in [-0.4, -0.2) is 32.1 Å². The Morgan fingerprint density at radius 1 is 1.31 bits per heavy atom. The number of nitrogens with one attached hydrogen (secondary N) is 1. The van der Waals surface area contributed by atoms with Crippen molar-refractivity contribution in [2.75, 3.05) is 32.5 Å². The number of anilines is 1. The van der Waals surface area contributed by atoms with Gasteiger partial charge in [-0.25, -0.2) is 4.39 Å². The highest BCUT2D eigenvalue weighted by Crippen LogP contribution is 2.20. The van der Waals surface area contributed by atoms with E-state index in [-0.39, 0.29) is 5.82 Å². The highest BCUT2D eigenvalue weighted by molar-refractivity contribution is 5.46. The first-order valence-corrected chi connectivity index (χ1v) is 5.68. The lowest BCUT2D eigenvalue weighted by molar-refractivity contribution is 0.425. The summed E-state index contributed by atoms with van der Waals surface area (Å²) in [6.45, 7) is 5.78. The molecule has 0 aliphatic carbocycles. The lowest BCUT2D eigenvalue weighted by Gasteiger charge is -2.13. The van der Waals surface area contributed by atoms with Crippen LogP contribution in [0.2, 0.25) is 0 Å². The number of nitrogens with zero attached hydrogens (tertiary/aromatic N) is 1. The van der Waals surface area contributed by atoms with Crippen molar-refractivity contribution in [3.63, 3.8) is 0 Å². The predicted molar refractivity (Wildman–Crippen MR) is 67.5 cm³/mol. The van der Waals surface area contributed by atoms with E-state index in [0.717, 1.165) is 18.7 Å². The van der Waals surface area contributed by atoms with Crippen LogP contribution in [0.25, 0.3) is 0 Å². The largest absolute Gasteiger partial charge is 0.381 e. The first kappa shape index (κ1) is 13.0. The van der Waals surface area contributed by atoms with E-state index in [0.29, 0.717) is 11.6 Å². The van der Waals surface area contributed by atoms with Gasteiger partial charge in [-0.15, -0.1) is 0 Å². The smallest absolute Gasteiger partial charge is 0.146 e. The summed E-state index contributed by atoms with van der Waals surface area (Å²) < 4.78 is 13.7. The number of rotatable bonds is 5. The summed E-state index contributed by atoms with van der Waals surface area (Å²) in [5.74, 6) is 0.204. The van der Waals surface area contributed by atoms with Gasteiger partial charge in [-0.1, -0.05) is 19.9 Å². The van der Waals surface area contributed by atoms with Crippen LogP contribution >= 0.6 is 0 Å². The number of halogens is 1. The van der Waals surface area contributed by atoms with Gasteiger partial charge in [-0.3, -0.25) is 0 Å². The second-order valence-electron chi connectivity index (χ2n) is 4.62. The van der Waals surface area contributed by atoms with Crippen LogP contribution in [0.5, 0.6) is 0 Å². The zero-order chi connectivity index (χ0) is 12.1. The second-order valence-corrected chi connectivity index (χ2v) is 4.62. The highest BCUT2D eigenvalue weighted by atomic mass is 19.1. The third-order valence-electron chi connectivity index (χ3n) is 2.53. The molecule has 0 aliphatic heterocycles. The minimum atomic E-state index is -0.162. The molecule has 0 aromatic heterocycles. The normalized spacial score (nSPS) is 11.2. The first-order valence-electron chi connectivity index (χ1n) is 5.68. The van der Waals surface area contributed by atoms with E-state index in [4.69, 9.17) is 0 Å². The van der Waals surface area contributed by atoms with Gasteiger partial charge in [0.1, 0.15) is 5.82 Å². The Kier molecular flexibility index (Phi) is 4.74. The maximum atomic E-state index is 13.7.